The van der Waals surface area contributed by atoms with Crippen molar-refractivity contribution in [3.8, 4) is 39.1 Å². The summed E-state index contributed by atoms with van der Waals surface area (Å²) < 4.78 is 5.02. The van der Waals surface area contributed by atoms with E-state index in [-0.39, 0.29) is 0 Å². The lowest BCUT2D eigenvalue weighted by Crippen LogP contribution is -1.99. The van der Waals surface area contributed by atoms with Gasteiger partial charge in [0.25, 0.3) is 0 Å². The standard InChI is InChI=1S/C46H30N2S2/c1-29-9-7-8-26-49-46-39-28-35(21-25-41(39)48(44(29)46)36-22-18-31(19-23-36)30-10-3-2-4-11-30)33-16-14-32(15-17-33)34-20-24-40-38(27-34)45-43(47-40)37-12-5-6-13-42(37)50-45/h2-28,47H,1H2/b9-7-,26-8-. The number of rotatable bonds is 4. The second-order valence-corrected chi connectivity index (χ2v) is 14.7. The van der Waals surface area contributed by atoms with E-state index in [1.54, 1.807) is 11.8 Å². The van der Waals surface area contributed by atoms with E-state index in [1.807, 2.05) is 11.3 Å². The monoisotopic (exact) mass is 674 g/mol. The van der Waals surface area contributed by atoms with Crippen molar-refractivity contribution in [2.24, 2.45) is 0 Å². The van der Waals surface area contributed by atoms with Crippen LogP contribution >= 0.6 is 23.1 Å². The summed E-state index contributed by atoms with van der Waals surface area (Å²) in [5, 5.41) is 5.97. The molecule has 1 N–H and O–H groups in total. The Hall–Kier alpha value is -5.81. The van der Waals surface area contributed by atoms with Gasteiger partial charge < -0.3 is 9.55 Å². The van der Waals surface area contributed by atoms with Crippen LogP contribution in [0, 0.1) is 0 Å². The van der Waals surface area contributed by atoms with Gasteiger partial charge in [0.2, 0.25) is 0 Å². The number of nitrogens with one attached hydrogen (secondary N) is 1. The van der Waals surface area contributed by atoms with Crippen molar-refractivity contribution >= 4 is 70.8 Å². The van der Waals surface area contributed by atoms with E-state index < -0.39 is 0 Å². The summed E-state index contributed by atoms with van der Waals surface area (Å²) in [4.78, 5) is 4.90. The number of hydrogen-bond acceptors (Lipinski definition) is 2. The Bertz CT molecular complexity index is 2830. The third kappa shape index (κ3) is 4.72. The molecule has 0 radical (unpaired) electrons. The maximum absolute atomic E-state index is 4.51. The SMILES string of the molecule is C=C1/C=C\C=C/Sc2c1n(-c1ccc(-c3ccccc3)cc1)c1ccc(-c3ccc(-c4ccc5[nH]c6c7ccccc7sc6c5c4)cc3)cc21. The zero-order valence-corrected chi connectivity index (χ0v) is 28.7. The average Bonchev–Trinajstić information content (AvgIpc) is 3.82. The van der Waals surface area contributed by atoms with Gasteiger partial charge in [0.05, 0.1) is 21.4 Å². The number of fused-ring (bicyclic) bond motifs is 8. The van der Waals surface area contributed by atoms with E-state index in [0.29, 0.717) is 0 Å². The summed E-state index contributed by atoms with van der Waals surface area (Å²) in [6, 6.07) is 50.7. The van der Waals surface area contributed by atoms with Gasteiger partial charge in [0.1, 0.15) is 0 Å². The van der Waals surface area contributed by atoms with Gasteiger partial charge in [0, 0.05) is 37.0 Å². The Kier molecular flexibility index (Phi) is 6.80. The molecule has 0 saturated heterocycles. The zero-order chi connectivity index (χ0) is 33.2. The van der Waals surface area contributed by atoms with Crippen LogP contribution in [0.1, 0.15) is 5.69 Å². The minimum absolute atomic E-state index is 0.999. The lowest BCUT2D eigenvalue weighted by Gasteiger charge is -2.14. The largest absolute Gasteiger partial charge is 0.353 e. The maximum atomic E-state index is 4.51. The molecule has 50 heavy (non-hydrogen) atoms. The first-order valence-electron chi connectivity index (χ1n) is 16.8. The molecule has 0 atom stereocenters. The van der Waals surface area contributed by atoms with Gasteiger partial charge in [-0.1, -0.05) is 134 Å². The molecule has 3 aromatic heterocycles. The lowest BCUT2D eigenvalue weighted by atomic mass is 9.99. The summed E-state index contributed by atoms with van der Waals surface area (Å²) in [6.45, 7) is 4.51. The Morgan fingerprint density at radius 2 is 1.20 bits per heavy atom. The molecule has 0 amide bonds. The van der Waals surface area contributed by atoms with Gasteiger partial charge in [-0.15, -0.1) is 11.3 Å². The molecular weight excluding hydrogens is 645 g/mol. The highest BCUT2D eigenvalue weighted by atomic mass is 32.2. The normalized spacial score (nSPS) is 14.3. The first kappa shape index (κ1) is 29.1. The molecular formula is C46H30N2S2. The van der Waals surface area contributed by atoms with Crippen molar-refractivity contribution in [2.45, 2.75) is 4.90 Å². The molecule has 0 bridgehead atoms. The molecule has 0 aliphatic carbocycles. The summed E-state index contributed by atoms with van der Waals surface area (Å²) in [5.41, 5.74) is 14.1. The highest BCUT2D eigenvalue weighted by Gasteiger charge is 2.21. The molecule has 1 aliphatic heterocycles. The van der Waals surface area contributed by atoms with Crippen LogP contribution in [0.15, 0.2) is 175 Å². The third-order valence-corrected chi connectivity index (χ3v) is 11.9. The molecule has 2 nitrogen and oxygen atoms in total. The fraction of sp³-hybridized carbons (Fsp3) is 0. The highest BCUT2D eigenvalue weighted by molar-refractivity contribution is 8.02. The third-order valence-electron chi connectivity index (χ3n) is 9.80. The van der Waals surface area contributed by atoms with E-state index in [0.717, 1.165) is 17.0 Å². The molecule has 0 unspecified atom stereocenters. The molecule has 9 aromatic rings. The summed E-state index contributed by atoms with van der Waals surface area (Å²) >= 11 is 3.63. The molecule has 6 aromatic carbocycles. The van der Waals surface area contributed by atoms with Crippen LogP contribution in [0.4, 0.5) is 0 Å². The number of aromatic nitrogens is 2. The van der Waals surface area contributed by atoms with Gasteiger partial charge in [0.15, 0.2) is 0 Å². The van der Waals surface area contributed by atoms with Crippen LogP contribution < -0.4 is 0 Å². The van der Waals surface area contributed by atoms with Crippen LogP contribution in [0.25, 0.3) is 86.7 Å². The van der Waals surface area contributed by atoms with Gasteiger partial charge in [-0.2, -0.15) is 0 Å². The lowest BCUT2D eigenvalue weighted by molar-refractivity contribution is 1.08. The van der Waals surface area contributed by atoms with Crippen molar-refractivity contribution in [3.05, 3.63) is 175 Å². The molecule has 0 fully saturated rings. The number of thioether (sulfide) groups is 1. The predicted octanol–water partition coefficient (Wildman–Crippen LogP) is 13.7. The van der Waals surface area contributed by atoms with E-state index in [2.05, 4.69) is 179 Å². The molecule has 0 spiro atoms. The van der Waals surface area contributed by atoms with Crippen molar-refractivity contribution in [2.75, 3.05) is 0 Å². The topological polar surface area (TPSA) is 20.7 Å². The first-order valence-corrected chi connectivity index (χ1v) is 18.5. The van der Waals surface area contributed by atoms with Gasteiger partial charge in [-0.3, -0.25) is 0 Å². The van der Waals surface area contributed by atoms with Gasteiger partial charge >= 0.3 is 0 Å². The maximum Gasteiger partial charge on any atom is 0.0674 e. The van der Waals surface area contributed by atoms with E-state index >= 15 is 0 Å². The second kappa shape index (κ2) is 11.7. The number of thiophene rings is 1. The van der Waals surface area contributed by atoms with E-state index in [1.165, 1.54) is 80.4 Å². The number of H-pyrrole nitrogens is 1. The number of hydrogen-bond donors (Lipinski definition) is 1. The second-order valence-electron chi connectivity index (χ2n) is 12.8. The molecule has 1 aliphatic rings. The fourth-order valence-corrected chi connectivity index (χ4v) is 9.44. The smallest absolute Gasteiger partial charge is 0.0674 e. The number of aromatic amines is 1. The van der Waals surface area contributed by atoms with E-state index in [9.17, 15) is 0 Å². The Morgan fingerprint density at radius 3 is 2.00 bits per heavy atom. The number of allylic oxidation sites excluding steroid dienone is 4. The average molecular weight is 675 g/mol. The van der Waals surface area contributed by atoms with Crippen molar-refractivity contribution in [1.82, 2.24) is 9.55 Å². The van der Waals surface area contributed by atoms with Crippen LogP contribution in [0.3, 0.4) is 0 Å². The predicted molar refractivity (Wildman–Crippen MR) is 217 cm³/mol. The fourth-order valence-electron chi connectivity index (χ4n) is 7.33. The minimum atomic E-state index is 0.999. The zero-order valence-electron chi connectivity index (χ0n) is 27.1. The Morgan fingerprint density at radius 1 is 0.560 bits per heavy atom. The molecule has 0 saturated carbocycles. The molecule has 4 heteroatoms. The van der Waals surface area contributed by atoms with Gasteiger partial charge in [-0.05, 0) is 86.8 Å². The molecule has 4 heterocycles. The quantitative estimate of drug-likeness (QED) is 0.197. The van der Waals surface area contributed by atoms with Crippen molar-refractivity contribution < 1.29 is 0 Å². The van der Waals surface area contributed by atoms with E-state index in [4.69, 9.17) is 0 Å². The van der Waals surface area contributed by atoms with Crippen LogP contribution in [-0.2, 0) is 0 Å². The Labute approximate surface area is 298 Å². The first-order chi connectivity index (χ1) is 24.7. The van der Waals surface area contributed by atoms with Crippen LogP contribution in [-0.4, -0.2) is 9.55 Å². The van der Waals surface area contributed by atoms with Crippen molar-refractivity contribution in [3.63, 3.8) is 0 Å². The minimum Gasteiger partial charge on any atom is -0.353 e. The van der Waals surface area contributed by atoms with Crippen LogP contribution in [0.5, 0.6) is 0 Å². The highest BCUT2D eigenvalue weighted by Crippen LogP contribution is 2.44. The van der Waals surface area contributed by atoms with Crippen molar-refractivity contribution in [1.29, 1.82) is 0 Å². The number of nitrogens with zero attached hydrogens (tertiary/aromatic N) is 1. The summed E-state index contributed by atoms with van der Waals surface area (Å²) in [5.74, 6) is 0. The summed E-state index contributed by atoms with van der Waals surface area (Å²) in [7, 11) is 0. The number of benzene rings is 6. The molecule has 236 valence electrons. The summed E-state index contributed by atoms with van der Waals surface area (Å²) in [6.07, 6.45) is 6.28. The van der Waals surface area contributed by atoms with Gasteiger partial charge in [-0.25, -0.2) is 0 Å². The van der Waals surface area contributed by atoms with Crippen LogP contribution in [0.2, 0.25) is 0 Å². The Balaban J connectivity index is 1.04. The molecule has 10 rings (SSSR count).